The fraction of sp³-hybridized carbons (Fsp3) is 0.833. The van der Waals surface area contributed by atoms with Gasteiger partial charge in [-0.25, -0.2) is 9.59 Å². The minimum Gasteiger partial charge on any atom is -0.462 e. The zero-order valence-electron chi connectivity index (χ0n) is 11.9. The summed E-state index contributed by atoms with van der Waals surface area (Å²) in [5.41, 5.74) is -0.715. The van der Waals surface area contributed by atoms with E-state index in [1.54, 1.807) is 20.8 Å². The molecule has 1 amide bonds. The molecule has 112 valence electrons. The number of amides is 1. The van der Waals surface area contributed by atoms with E-state index in [9.17, 15) is 18.4 Å². The van der Waals surface area contributed by atoms with Gasteiger partial charge in [0.25, 0.3) is 0 Å². The van der Waals surface area contributed by atoms with Gasteiger partial charge in [0.15, 0.2) is 0 Å². The van der Waals surface area contributed by atoms with Gasteiger partial charge >= 0.3 is 18.0 Å². The first kappa shape index (κ1) is 17.6. The van der Waals surface area contributed by atoms with Crippen molar-refractivity contribution in [2.24, 2.45) is 0 Å². The largest absolute Gasteiger partial charge is 0.462 e. The van der Waals surface area contributed by atoms with Crippen LogP contribution in [0, 0.1) is 0 Å². The molecular formula is C12H21F2NO4. The monoisotopic (exact) mass is 281 g/mol. The summed E-state index contributed by atoms with van der Waals surface area (Å²) in [6, 6.07) is -0.922. The summed E-state index contributed by atoms with van der Waals surface area (Å²) in [4.78, 5) is 22.4. The third-order valence-corrected chi connectivity index (χ3v) is 1.90. The molecule has 0 rings (SSSR count). The molecule has 0 unspecified atom stereocenters. The number of carbonyl (C=O) groups excluding carboxylic acids is 2. The minimum atomic E-state index is -3.63. The van der Waals surface area contributed by atoms with E-state index in [1.165, 1.54) is 13.8 Å². The number of hydrogen-bond donors (Lipinski definition) is 1. The quantitative estimate of drug-likeness (QED) is 0.786. The van der Waals surface area contributed by atoms with Crippen LogP contribution in [-0.2, 0) is 14.3 Å². The van der Waals surface area contributed by atoms with Crippen LogP contribution < -0.4 is 5.32 Å². The van der Waals surface area contributed by atoms with Gasteiger partial charge in [-0.1, -0.05) is 0 Å². The SMILES string of the molecule is CCOC(=O)C(F)(F)C[C@H](C)NC(=O)OC(C)(C)C. The molecule has 0 spiro atoms. The molecule has 0 bridgehead atoms. The van der Waals surface area contributed by atoms with Gasteiger partial charge in [0.2, 0.25) is 0 Å². The highest BCUT2D eigenvalue weighted by molar-refractivity contribution is 5.77. The highest BCUT2D eigenvalue weighted by Crippen LogP contribution is 2.22. The fourth-order valence-corrected chi connectivity index (χ4v) is 1.26. The van der Waals surface area contributed by atoms with Crippen molar-refractivity contribution in [1.29, 1.82) is 0 Å². The summed E-state index contributed by atoms with van der Waals surface area (Å²) in [6.07, 6.45) is -1.65. The molecule has 0 saturated heterocycles. The van der Waals surface area contributed by atoms with Crippen molar-refractivity contribution >= 4 is 12.1 Å². The van der Waals surface area contributed by atoms with E-state index >= 15 is 0 Å². The van der Waals surface area contributed by atoms with Crippen molar-refractivity contribution in [3.63, 3.8) is 0 Å². The van der Waals surface area contributed by atoms with Gasteiger partial charge in [-0.15, -0.1) is 0 Å². The van der Waals surface area contributed by atoms with Gasteiger partial charge in [0, 0.05) is 12.5 Å². The second-order valence-corrected chi connectivity index (χ2v) is 5.18. The smallest absolute Gasteiger partial charge is 0.407 e. The lowest BCUT2D eigenvalue weighted by Gasteiger charge is -2.23. The van der Waals surface area contributed by atoms with E-state index in [-0.39, 0.29) is 6.61 Å². The van der Waals surface area contributed by atoms with Crippen LogP contribution in [0.25, 0.3) is 0 Å². The molecule has 19 heavy (non-hydrogen) atoms. The van der Waals surface area contributed by atoms with Crippen molar-refractivity contribution < 1.29 is 27.8 Å². The number of halogens is 2. The number of ether oxygens (including phenoxy) is 2. The number of alkyl carbamates (subject to hydrolysis) is 1. The summed E-state index contributed by atoms with van der Waals surface area (Å²) in [5, 5.41) is 2.24. The number of carbonyl (C=O) groups is 2. The predicted octanol–water partition coefficient (Wildman–Crippen LogP) is 2.49. The summed E-state index contributed by atoms with van der Waals surface area (Å²) >= 11 is 0. The fourth-order valence-electron chi connectivity index (χ4n) is 1.26. The summed E-state index contributed by atoms with van der Waals surface area (Å²) < 4.78 is 35.9. The Bertz CT molecular complexity index is 326. The van der Waals surface area contributed by atoms with Gasteiger partial charge in [-0.2, -0.15) is 8.78 Å². The Morgan fingerprint density at radius 2 is 1.79 bits per heavy atom. The highest BCUT2D eigenvalue weighted by Gasteiger charge is 2.42. The van der Waals surface area contributed by atoms with E-state index < -0.39 is 36.0 Å². The predicted molar refractivity (Wildman–Crippen MR) is 65.0 cm³/mol. The first-order valence-corrected chi connectivity index (χ1v) is 6.02. The van der Waals surface area contributed by atoms with Crippen LogP contribution in [0.1, 0.15) is 41.0 Å². The lowest BCUT2D eigenvalue weighted by Crippen LogP contribution is -2.43. The zero-order valence-corrected chi connectivity index (χ0v) is 11.9. The maximum absolute atomic E-state index is 13.4. The average molecular weight is 281 g/mol. The number of esters is 1. The van der Waals surface area contributed by atoms with Crippen LogP contribution in [0.5, 0.6) is 0 Å². The zero-order chi connectivity index (χ0) is 15.3. The van der Waals surface area contributed by atoms with E-state index in [0.29, 0.717) is 0 Å². The molecule has 7 heteroatoms. The lowest BCUT2D eigenvalue weighted by atomic mass is 10.1. The molecule has 0 fully saturated rings. The molecule has 0 aliphatic rings. The molecule has 5 nitrogen and oxygen atoms in total. The van der Waals surface area contributed by atoms with Gasteiger partial charge in [-0.05, 0) is 34.6 Å². The summed E-state index contributed by atoms with van der Waals surface area (Å²) in [6.45, 7) is 7.65. The third-order valence-electron chi connectivity index (χ3n) is 1.90. The van der Waals surface area contributed by atoms with Crippen molar-refractivity contribution in [3.05, 3.63) is 0 Å². The Kier molecular flexibility index (Phi) is 6.18. The number of nitrogens with one attached hydrogen (secondary N) is 1. The Hall–Kier alpha value is -1.40. The van der Waals surface area contributed by atoms with Crippen LogP contribution in [0.15, 0.2) is 0 Å². The van der Waals surface area contributed by atoms with Gasteiger partial charge in [0.1, 0.15) is 5.60 Å². The number of alkyl halides is 2. The van der Waals surface area contributed by atoms with Crippen molar-refractivity contribution in [2.45, 2.75) is 58.6 Å². The maximum Gasteiger partial charge on any atom is 0.407 e. The molecule has 0 aromatic heterocycles. The Morgan fingerprint density at radius 1 is 1.26 bits per heavy atom. The topological polar surface area (TPSA) is 64.6 Å². The molecule has 1 atom stereocenters. The van der Waals surface area contributed by atoms with Crippen LogP contribution in [0.4, 0.5) is 13.6 Å². The summed E-state index contributed by atoms with van der Waals surface area (Å²) in [5.74, 6) is -5.22. The van der Waals surface area contributed by atoms with E-state index in [4.69, 9.17) is 4.74 Å². The molecule has 0 radical (unpaired) electrons. The molecule has 0 heterocycles. The van der Waals surface area contributed by atoms with Gasteiger partial charge in [-0.3, -0.25) is 0 Å². The molecule has 0 aromatic rings. The Morgan fingerprint density at radius 3 is 2.21 bits per heavy atom. The van der Waals surface area contributed by atoms with Crippen LogP contribution in [0.3, 0.4) is 0 Å². The van der Waals surface area contributed by atoms with E-state index in [2.05, 4.69) is 10.1 Å². The number of hydrogen-bond acceptors (Lipinski definition) is 4. The lowest BCUT2D eigenvalue weighted by molar-refractivity contribution is -0.173. The van der Waals surface area contributed by atoms with Crippen molar-refractivity contribution in [2.75, 3.05) is 6.61 Å². The Labute approximate surface area is 111 Å². The first-order valence-electron chi connectivity index (χ1n) is 6.02. The Balaban J connectivity index is 4.34. The molecule has 0 aliphatic heterocycles. The molecule has 0 aromatic carbocycles. The minimum absolute atomic E-state index is 0.123. The molecule has 1 N–H and O–H groups in total. The molecule has 0 saturated carbocycles. The normalized spacial score (nSPS) is 13.6. The van der Waals surface area contributed by atoms with Gasteiger partial charge < -0.3 is 14.8 Å². The molecular weight excluding hydrogens is 260 g/mol. The second-order valence-electron chi connectivity index (χ2n) is 5.18. The van der Waals surface area contributed by atoms with Gasteiger partial charge in [0.05, 0.1) is 6.61 Å². The maximum atomic E-state index is 13.4. The van der Waals surface area contributed by atoms with Crippen LogP contribution in [0.2, 0.25) is 0 Å². The van der Waals surface area contributed by atoms with E-state index in [0.717, 1.165) is 0 Å². The van der Waals surface area contributed by atoms with Crippen LogP contribution >= 0.6 is 0 Å². The second kappa shape index (κ2) is 6.68. The highest BCUT2D eigenvalue weighted by atomic mass is 19.3. The number of rotatable bonds is 5. The standard InChI is InChI=1S/C12H21F2NO4/c1-6-18-9(16)12(13,14)7-8(2)15-10(17)19-11(3,4)5/h8H,6-7H2,1-5H3,(H,15,17)/t8-/m0/s1. The first-order chi connectivity index (χ1) is 8.48. The molecule has 0 aliphatic carbocycles. The van der Waals surface area contributed by atoms with Crippen LogP contribution in [-0.4, -0.2) is 36.2 Å². The van der Waals surface area contributed by atoms with Crippen molar-refractivity contribution in [3.8, 4) is 0 Å². The third kappa shape index (κ3) is 7.58. The van der Waals surface area contributed by atoms with E-state index in [1.807, 2.05) is 0 Å². The van der Waals surface area contributed by atoms with Crippen molar-refractivity contribution in [1.82, 2.24) is 5.32 Å². The average Bonchev–Trinajstić information content (AvgIpc) is 2.12. The summed E-state index contributed by atoms with van der Waals surface area (Å²) in [7, 11) is 0.